The van der Waals surface area contributed by atoms with Crippen LogP contribution < -0.4 is 0 Å². The van der Waals surface area contributed by atoms with Crippen molar-refractivity contribution in [3.8, 4) is 12.1 Å². The minimum absolute atomic E-state index is 0.698. The third kappa shape index (κ3) is 1.75. The lowest BCUT2D eigenvalue weighted by atomic mass is 9.97. The summed E-state index contributed by atoms with van der Waals surface area (Å²) in [6.45, 7) is 3.98. The molecule has 0 N–H and O–H groups in total. The summed E-state index contributed by atoms with van der Waals surface area (Å²) >= 11 is 0. The largest absolute Gasteiger partial charge is 0.192 e. The van der Waals surface area contributed by atoms with Crippen LogP contribution in [-0.4, -0.2) is 0 Å². The van der Waals surface area contributed by atoms with Crippen molar-refractivity contribution in [2.24, 2.45) is 0 Å². The fourth-order valence-corrected chi connectivity index (χ4v) is 1.48. The van der Waals surface area contributed by atoms with Crippen molar-refractivity contribution in [1.29, 1.82) is 10.5 Å². The van der Waals surface area contributed by atoms with Crippen molar-refractivity contribution in [3.63, 3.8) is 0 Å². The Morgan fingerprint density at radius 2 is 1.29 bits per heavy atom. The van der Waals surface area contributed by atoms with Gasteiger partial charge in [-0.15, -0.1) is 0 Å². The van der Waals surface area contributed by atoms with E-state index in [2.05, 4.69) is 12.1 Å². The Balaban J connectivity index is 3.39. The maximum Gasteiger partial charge on any atom is 0.0994 e. The van der Waals surface area contributed by atoms with E-state index in [0.29, 0.717) is 11.1 Å². The Morgan fingerprint density at radius 1 is 0.929 bits per heavy atom. The van der Waals surface area contributed by atoms with Gasteiger partial charge in [0.15, 0.2) is 0 Å². The summed E-state index contributed by atoms with van der Waals surface area (Å²) in [7, 11) is 0. The normalized spacial score (nSPS) is 9.14. The summed E-state index contributed by atoms with van der Waals surface area (Å²) in [5, 5.41) is 17.8. The highest BCUT2D eigenvalue weighted by molar-refractivity contribution is 5.49. The first kappa shape index (κ1) is 10.3. The van der Waals surface area contributed by atoms with Crippen molar-refractivity contribution in [3.05, 3.63) is 34.4 Å². The SMILES string of the molecule is CCc1cc(C#N)c(CC)cc1C#N. The van der Waals surface area contributed by atoms with Crippen LogP contribution in [0.5, 0.6) is 0 Å². The zero-order valence-electron chi connectivity index (χ0n) is 8.46. The van der Waals surface area contributed by atoms with Gasteiger partial charge in [-0.25, -0.2) is 0 Å². The van der Waals surface area contributed by atoms with E-state index in [-0.39, 0.29) is 0 Å². The average Bonchev–Trinajstić information content (AvgIpc) is 2.26. The molecule has 0 aromatic heterocycles. The van der Waals surface area contributed by atoms with E-state index < -0.39 is 0 Å². The van der Waals surface area contributed by atoms with E-state index in [1.54, 1.807) is 0 Å². The maximum atomic E-state index is 8.90. The highest BCUT2D eigenvalue weighted by Gasteiger charge is 2.06. The molecule has 0 aliphatic heterocycles. The number of nitriles is 2. The Kier molecular flexibility index (Phi) is 3.26. The molecule has 0 saturated heterocycles. The van der Waals surface area contributed by atoms with E-state index in [1.807, 2.05) is 26.0 Å². The molecule has 0 aliphatic rings. The van der Waals surface area contributed by atoms with Gasteiger partial charge < -0.3 is 0 Å². The predicted octanol–water partition coefficient (Wildman–Crippen LogP) is 2.55. The summed E-state index contributed by atoms with van der Waals surface area (Å²) < 4.78 is 0. The van der Waals surface area contributed by atoms with Crippen LogP contribution in [0.3, 0.4) is 0 Å². The summed E-state index contributed by atoms with van der Waals surface area (Å²) in [5.41, 5.74) is 3.31. The smallest absolute Gasteiger partial charge is 0.0994 e. The van der Waals surface area contributed by atoms with Gasteiger partial charge in [-0.3, -0.25) is 0 Å². The van der Waals surface area contributed by atoms with Gasteiger partial charge in [0.2, 0.25) is 0 Å². The standard InChI is InChI=1S/C12H12N2/c1-3-9-5-12(8-14)10(4-2)6-11(9)7-13/h5-6H,3-4H2,1-2H3. The zero-order valence-corrected chi connectivity index (χ0v) is 8.46. The molecule has 2 nitrogen and oxygen atoms in total. The van der Waals surface area contributed by atoms with Crippen LogP contribution in [0.25, 0.3) is 0 Å². The molecular weight excluding hydrogens is 172 g/mol. The molecule has 0 heterocycles. The molecule has 0 spiro atoms. The van der Waals surface area contributed by atoms with Crippen LogP contribution in [0.15, 0.2) is 12.1 Å². The van der Waals surface area contributed by atoms with Crippen LogP contribution in [0, 0.1) is 22.7 Å². The number of nitrogens with zero attached hydrogens (tertiary/aromatic N) is 2. The van der Waals surface area contributed by atoms with E-state index in [1.165, 1.54) is 0 Å². The third-order valence-electron chi connectivity index (χ3n) is 2.33. The molecule has 0 radical (unpaired) electrons. The topological polar surface area (TPSA) is 47.6 Å². The monoisotopic (exact) mass is 184 g/mol. The van der Waals surface area contributed by atoms with E-state index in [4.69, 9.17) is 10.5 Å². The van der Waals surface area contributed by atoms with Crippen LogP contribution in [-0.2, 0) is 12.8 Å². The highest BCUT2D eigenvalue weighted by Crippen LogP contribution is 2.17. The molecule has 1 rings (SSSR count). The van der Waals surface area contributed by atoms with Gasteiger partial charge in [0.25, 0.3) is 0 Å². The van der Waals surface area contributed by atoms with Crippen LogP contribution in [0.4, 0.5) is 0 Å². The molecule has 0 bridgehead atoms. The van der Waals surface area contributed by atoms with Gasteiger partial charge >= 0.3 is 0 Å². The Bertz CT molecular complexity index is 377. The van der Waals surface area contributed by atoms with Gasteiger partial charge in [0.1, 0.15) is 0 Å². The quantitative estimate of drug-likeness (QED) is 0.709. The second kappa shape index (κ2) is 4.44. The van der Waals surface area contributed by atoms with Crippen LogP contribution >= 0.6 is 0 Å². The van der Waals surface area contributed by atoms with Crippen LogP contribution in [0.1, 0.15) is 36.1 Å². The fraction of sp³-hybridized carbons (Fsp3) is 0.333. The van der Waals surface area contributed by atoms with Crippen molar-refractivity contribution < 1.29 is 0 Å². The first-order valence-electron chi connectivity index (χ1n) is 4.72. The van der Waals surface area contributed by atoms with Gasteiger partial charge in [-0.05, 0) is 36.1 Å². The molecule has 0 atom stereocenters. The van der Waals surface area contributed by atoms with Crippen molar-refractivity contribution in [2.75, 3.05) is 0 Å². The Labute approximate surface area is 84.4 Å². The first-order chi connectivity index (χ1) is 6.76. The molecule has 70 valence electrons. The molecule has 0 fully saturated rings. The minimum atomic E-state index is 0.698. The van der Waals surface area contributed by atoms with Gasteiger partial charge in [-0.1, -0.05) is 13.8 Å². The molecule has 0 saturated carbocycles. The maximum absolute atomic E-state index is 8.90. The lowest BCUT2D eigenvalue weighted by Gasteiger charge is -2.05. The number of benzene rings is 1. The molecule has 0 amide bonds. The summed E-state index contributed by atoms with van der Waals surface area (Å²) in [5.74, 6) is 0. The number of hydrogen-bond donors (Lipinski definition) is 0. The number of aryl methyl sites for hydroxylation is 2. The van der Waals surface area contributed by atoms with Gasteiger partial charge in [0.05, 0.1) is 23.3 Å². The molecule has 1 aromatic carbocycles. The van der Waals surface area contributed by atoms with Gasteiger partial charge in [0, 0.05) is 0 Å². The number of rotatable bonds is 2. The lowest BCUT2D eigenvalue weighted by Crippen LogP contribution is -1.95. The van der Waals surface area contributed by atoms with E-state index >= 15 is 0 Å². The van der Waals surface area contributed by atoms with Crippen molar-refractivity contribution in [2.45, 2.75) is 26.7 Å². The number of hydrogen-bond acceptors (Lipinski definition) is 2. The fourth-order valence-electron chi connectivity index (χ4n) is 1.48. The summed E-state index contributed by atoms with van der Waals surface area (Å²) in [6, 6.07) is 7.99. The molecule has 0 unspecified atom stereocenters. The molecular formula is C12H12N2. The lowest BCUT2D eigenvalue weighted by molar-refractivity contribution is 1.08. The average molecular weight is 184 g/mol. The van der Waals surface area contributed by atoms with Crippen molar-refractivity contribution >= 4 is 0 Å². The van der Waals surface area contributed by atoms with E-state index in [0.717, 1.165) is 24.0 Å². The Morgan fingerprint density at radius 3 is 1.50 bits per heavy atom. The van der Waals surface area contributed by atoms with Gasteiger partial charge in [-0.2, -0.15) is 10.5 Å². The minimum Gasteiger partial charge on any atom is -0.192 e. The molecule has 14 heavy (non-hydrogen) atoms. The summed E-state index contributed by atoms with van der Waals surface area (Å²) in [6.07, 6.45) is 1.59. The van der Waals surface area contributed by atoms with Crippen molar-refractivity contribution in [1.82, 2.24) is 0 Å². The molecule has 0 aliphatic carbocycles. The highest BCUT2D eigenvalue weighted by atomic mass is 14.3. The predicted molar refractivity (Wildman–Crippen MR) is 54.6 cm³/mol. The second-order valence-electron chi connectivity index (χ2n) is 3.10. The molecule has 1 aromatic rings. The van der Waals surface area contributed by atoms with E-state index in [9.17, 15) is 0 Å². The zero-order chi connectivity index (χ0) is 10.6. The first-order valence-corrected chi connectivity index (χ1v) is 4.72. The van der Waals surface area contributed by atoms with Crippen LogP contribution in [0.2, 0.25) is 0 Å². The molecule has 2 heteroatoms. The Hall–Kier alpha value is -1.80. The second-order valence-corrected chi connectivity index (χ2v) is 3.10. The summed E-state index contributed by atoms with van der Waals surface area (Å²) in [4.78, 5) is 0. The third-order valence-corrected chi connectivity index (χ3v) is 2.33.